The van der Waals surface area contributed by atoms with Gasteiger partial charge in [-0.1, -0.05) is 23.7 Å². The van der Waals surface area contributed by atoms with Gasteiger partial charge in [-0.25, -0.2) is 4.39 Å². The molecule has 0 spiro atoms. The third-order valence-corrected chi connectivity index (χ3v) is 4.80. The van der Waals surface area contributed by atoms with E-state index in [0.717, 1.165) is 18.4 Å². The first-order valence-electron chi connectivity index (χ1n) is 8.60. The topological polar surface area (TPSA) is 49.4 Å². The fourth-order valence-corrected chi connectivity index (χ4v) is 3.21. The normalized spacial score (nSPS) is 17.0. The molecular formula is C20H20ClFN2O2. The molecule has 0 saturated carbocycles. The summed E-state index contributed by atoms with van der Waals surface area (Å²) in [5, 5.41) is 3.46. The minimum absolute atomic E-state index is 0.0806. The van der Waals surface area contributed by atoms with Gasteiger partial charge in [0.25, 0.3) is 5.91 Å². The van der Waals surface area contributed by atoms with E-state index in [2.05, 4.69) is 5.32 Å². The van der Waals surface area contributed by atoms with Crippen LogP contribution < -0.4 is 5.32 Å². The SMILES string of the molecule is O=C(NCc1ccc(F)cc1)[C@H]1CCCN(C(=O)c2ccc(Cl)cc2)C1. The summed E-state index contributed by atoms with van der Waals surface area (Å²) in [5.41, 5.74) is 1.41. The van der Waals surface area contributed by atoms with Crippen LogP contribution in [-0.4, -0.2) is 29.8 Å². The molecule has 26 heavy (non-hydrogen) atoms. The van der Waals surface area contributed by atoms with Gasteiger partial charge in [-0.3, -0.25) is 9.59 Å². The first-order chi connectivity index (χ1) is 12.5. The molecule has 0 unspecified atom stereocenters. The highest BCUT2D eigenvalue weighted by molar-refractivity contribution is 6.30. The van der Waals surface area contributed by atoms with Crippen molar-refractivity contribution in [2.24, 2.45) is 5.92 Å². The maximum Gasteiger partial charge on any atom is 0.253 e. The Kier molecular flexibility index (Phi) is 5.89. The van der Waals surface area contributed by atoms with Crippen LogP contribution in [0.1, 0.15) is 28.8 Å². The fraction of sp³-hybridized carbons (Fsp3) is 0.300. The Balaban J connectivity index is 1.57. The number of hydrogen-bond acceptors (Lipinski definition) is 2. The molecule has 6 heteroatoms. The second-order valence-corrected chi connectivity index (χ2v) is 6.88. The highest BCUT2D eigenvalue weighted by Gasteiger charge is 2.28. The zero-order chi connectivity index (χ0) is 18.5. The molecule has 1 heterocycles. The number of hydrogen-bond donors (Lipinski definition) is 1. The zero-order valence-corrected chi connectivity index (χ0v) is 15.0. The van der Waals surface area contributed by atoms with Crippen molar-refractivity contribution in [3.05, 3.63) is 70.5 Å². The summed E-state index contributed by atoms with van der Waals surface area (Å²) in [6, 6.07) is 12.8. The van der Waals surface area contributed by atoms with Gasteiger partial charge in [-0.15, -0.1) is 0 Å². The highest BCUT2D eigenvalue weighted by atomic mass is 35.5. The van der Waals surface area contributed by atoms with Crippen molar-refractivity contribution in [3.63, 3.8) is 0 Å². The highest BCUT2D eigenvalue weighted by Crippen LogP contribution is 2.20. The Bertz CT molecular complexity index is 777. The van der Waals surface area contributed by atoms with Crippen LogP contribution in [0.25, 0.3) is 0 Å². The molecule has 2 amide bonds. The molecule has 4 nitrogen and oxygen atoms in total. The maximum atomic E-state index is 12.9. The van der Waals surface area contributed by atoms with Gasteiger partial charge in [0.2, 0.25) is 5.91 Å². The number of halogens is 2. The van der Waals surface area contributed by atoms with E-state index in [1.807, 2.05) is 0 Å². The number of amides is 2. The van der Waals surface area contributed by atoms with Gasteiger partial charge in [0.1, 0.15) is 5.82 Å². The molecule has 1 aliphatic heterocycles. The molecule has 1 saturated heterocycles. The number of piperidine rings is 1. The molecule has 1 fully saturated rings. The van der Waals surface area contributed by atoms with Gasteiger partial charge in [0.15, 0.2) is 0 Å². The summed E-state index contributed by atoms with van der Waals surface area (Å²) in [4.78, 5) is 26.8. The Morgan fingerprint density at radius 3 is 2.50 bits per heavy atom. The molecule has 0 bridgehead atoms. The van der Waals surface area contributed by atoms with Crippen molar-refractivity contribution in [1.82, 2.24) is 10.2 Å². The molecular weight excluding hydrogens is 355 g/mol. The van der Waals surface area contributed by atoms with Crippen molar-refractivity contribution in [2.45, 2.75) is 19.4 Å². The van der Waals surface area contributed by atoms with Crippen LogP contribution in [-0.2, 0) is 11.3 Å². The van der Waals surface area contributed by atoms with E-state index in [1.54, 1.807) is 41.3 Å². The van der Waals surface area contributed by atoms with Gasteiger partial charge in [0, 0.05) is 30.2 Å². The quantitative estimate of drug-likeness (QED) is 0.888. The second-order valence-electron chi connectivity index (χ2n) is 6.44. The number of benzene rings is 2. The van der Waals surface area contributed by atoms with Crippen LogP contribution in [0.2, 0.25) is 5.02 Å². The first kappa shape index (κ1) is 18.4. The maximum absolute atomic E-state index is 12.9. The number of carbonyl (C=O) groups excluding carboxylic acids is 2. The summed E-state index contributed by atoms with van der Waals surface area (Å²) >= 11 is 5.86. The Morgan fingerprint density at radius 2 is 1.81 bits per heavy atom. The number of carbonyl (C=O) groups is 2. The van der Waals surface area contributed by atoms with Crippen LogP contribution in [0.3, 0.4) is 0 Å². The van der Waals surface area contributed by atoms with Crippen molar-refractivity contribution < 1.29 is 14.0 Å². The lowest BCUT2D eigenvalue weighted by Gasteiger charge is -2.32. The number of nitrogens with one attached hydrogen (secondary N) is 1. The molecule has 0 aliphatic carbocycles. The van der Waals surface area contributed by atoms with Gasteiger partial charge < -0.3 is 10.2 Å². The molecule has 0 radical (unpaired) electrons. The molecule has 1 atom stereocenters. The monoisotopic (exact) mass is 374 g/mol. The van der Waals surface area contributed by atoms with Crippen LogP contribution in [0.5, 0.6) is 0 Å². The lowest BCUT2D eigenvalue weighted by molar-refractivity contribution is -0.126. The van der Waals surface area contributed by atoms with Gasteiger partial charge in [-0.05, 0) is 54.8 Å². The van der Waals surface area contributed by atoms with Crippen LogP contribution in [0, 0.1) is 11.7 Å². The molecule has 2 aromatic rings. The zero-order valence-electron chi connectivity index (χ0n) is 14.3. The smallest absolute Gasteiger partial charge is 0.253 e. The van der Waals surface area contributed by atoms with Crippen LogP contribution >= 0.6 is 11.6 Å². The third kappa shape index (κ3) is 4.61. The molecule has 3 rings (SSSR count). The van der Waals surface area contributed by atoms with E-state index < -0.39 is 0 Å². The largest absolute Gasteiger partial charge is 0.352 e. The minimum atomic E-state index is -0.302. The summed E-state index contributed by atoms with van der Waals surface area (Å²) < 4.78 is 12.9. The molecule has 1 aliphatic rings. The number of nitrogens with zero attached hydrogens (tertiary/aromatic N) is 1. The summed E-state index contributed by atoms with van der Waals surface area (Å²) in [6.45, 7) is 1.39. The first-order valence-corrected chi connectivity index (χ1v) is 8.98. The van der Waals surface area contributed by atoms with E-state index in [1.165, 1.54) is 12.1 Å². The number of likely N-dealkylation sites (tertiary alicyclic amines) is 1. The van der Waals surface area contributed by atoms with Crippen LogP contribution in [0.15, 0.2) is 48.5 Å². The Labute approximate surface area is 157 Å². The van der Waals surface area contributed by atoms with Gasteiger partial charge in [0.05, 0.1) is 5.92 Å². The Hall–Kier alpha value is -2.40. The van der Waals surface area contributed by atoms with Crippen molar-refractivity contribution in [3.8, 4) is 0 Å². The van der Waals surface area contributed by atoms with Gasteiger partial charge >= 0.3 is 0 Å². The van der Waals surface area contributed by atoms with E-state index in [-0.39, 0.29) is 23.5 Å². The van der Waals surface area contributed by atoms with E-state index in [4.69, 9.17) is 11.6 Å². The second kappa shape index (κ2) is 8.32. The van der Waals surface area contributed by atoms with Crippen molar-refractivity contribution in [1.29, 1.82) is 0 Å². The lowest BCUT2D eigenvalue weighted by atomic mass is 9.96. The fourth-order valence-electron chi connectivity index (χ4n) is 3.09. The minimum Gasteiger partial charge on any atom is -0.352 e. The molecule has 136 valence electrons. The average molecular weight is 375 g/mol. The van der Waals surface area contributed by atoms with Crippen molar-refractivity contribution >= 4 is 23.4 Å². The third-order valence-electron chi connectivity index (χ3n) is 4.55. The predicted octanol–water partition coefficient (Wildman–Crippen LogP) is 3.65. The van der Waals surface area contributed by atoms with E-state index >= 15 is 0 Å². The lowest BCUT2D eigenvalue weighted by Crippen LogP contribution is -2.45. The summed E-state index contributed by atoms with van der Waals surface area (Å²) in [6.07, 6.45) is 1.54. The Morgan fingerprint density at radius 1 is 1.12 bits per heavy atom. The predicted molar refractivity (Wildman–Crippen MR) is 98.3 cm³/mol. The average Bonchev–Trinajstić information content (AvgIpc) is 2.67. The summed E-state index contributed by atoms with van der Waals surface area (Å²) in [7, 11) is 0. The van der Waals surface area contributed by atoms with Gasteiger partial charge in [-0.2, -0.15) is 0 Å². The molecule has 2 aromatic carbocycles. The van der Waals surface area contributed by atoms with E-state index in [0.29, 0.717) is 30.2 Å². The molecule has 0 aromatic heterocycles. The van der Waals surface area contributed by atoms with E-state index in [9.17, 15) is 14.0 Å². The standard InChI is InChI=1S/C20H20ClFN2O2/c21-17-7-5-15(6-8-17)20(26)24-11-1-2-16(13-24)19(25)23-12-14-3-9-18(22)10-4-14/h3-10,16H,1-2,11-13H2,(H,23,25)/t16-/m0/s1. The summed E-state index contributed by atoms with van der Waals surface area (Å²) in [5.74, 6) is -0.704. The van der Waals surface area contributed by atoms with Crippen molar-refractivity contribution in [2.75, 3.05) is 13.1 Å². The van der Waals surface area contributed by atoms with Crippen LogP contribution in [0.4, 0.5) is 4.39 Å². The molecule has 1 N–H and O–H groups in total. The number of rotatable bonds is 4.